The SMILES string of the molecule is COc1ccc(NC(=O)c2ccc(C(=O)NC3CCCC3)cc2)cc1Cl. The van der Waals surface area contributed by atoms with E-state index in [2.05, 4.69) is 10.6 Å². The number of carbonyl (C=O) groups excluding carboxylic acids is 2. The highest BCUT2D eigenvalue weighted by Gasteiger charge is 2.18. The van der Waals surface area contributed by atoms with Gasteiger partial charge in [-0.25, -0.2) is 0 Å². The standard InChI is InChI=1S/C20H21ClN2O3/c1-26-18-11-10-16(12-17(18)21)23-20(25)14-8-6-13(7-9-14)19(24)22-15-4-2-3-5-15/h6-12,15H,2-5H2,1H3,(H,22,24)(H,23,25). The monoisotopic (exact) mass is 372 g/mol. The van der Waals surface area contributed by atoms with E-state index in [0.29, 0.717) is 27.6 Å². The zero-order chi connectivity index (χ0) is 18.5. The number of hydrogen-bond donors (Lipinski definition) is 2. The van der Waals surface area contributed by atoms with Crippen molar-refractivity contribution in [2.24, 2.45) is 0 Å². The van der Waals surface area contributed by atoms with Crippen LogP contribution in [0, 0.1) is 0 Å². The number of hydrogen-bond acceptors (Lipinski definition) is 3. The first-order valence-corrected chi connectivity index (χ1v) is 9.00. The van der Waals surface area contributed by atoms with Crippen molar-refractivity contribution in [2.75, 3.05) is 12.4 Å². The van der Waals surface area contributed by atoms with Crippen LogP contribution >= 0.6 is 11.6 Å². The predicted octanol–water partition coefficient (Wildman–Crippen LogP) is 4.27. The van der Waals surface area contributed by atoms with E-state index in [9.17, 15) is 9.59 Å². The molecule has 0 aromatic heterocycles. The first-order chi connectivity index (χ1) is 12.6. The Labute approximate surface area is 157 Å². The number of benzene rings is 2. The second-order valence-electron chi connectivity index (χ2n) is 6.34. The highest BCUT2D eigenvalue weighted by molar-refractivity contribution is 6.32. The maximum absolute atomic E-state index is 12.4. The van der Waals surface area contributed by atoms with Crippen LogP contribution in [-0.4, -0.2) is 25.0 Å². The van der Waals surface area contributed by atoms with Crippen molar-refractivity contribution in [3.05, 3.63) is 58.6 Å². The number of methoxy groups -OCH3 is 1. The van der Waals surface area contributed by atoms with Crippen molar-refractivity contribution in [1.29, 1.82) is 0 Å². The first-order valence-electron chi connectivity index (χ1n) is 8.62. The van der Waals surface area contributed by atoms with Gasteiger partial charge in [0.05, 0.1) is 12.1 Å². The molecule has 1 aliphatic rings. The van der Waals surface area contributed by atoms with Crippen LogP contribution in [0.4, 0.5) is 5.69 Å². The molecule has 2 aromatic carbocycles. The molecule has 6 heteroatoms. The summed E-state index contributed by atoms with van der Waals surface area (Å²) in [6, 6.07) is 11.9. The number of carbonyl (C=O) groups is 2. The molecule has 0 atom stereocenters. The predicted molar refractivity (Wildman–Crippen MR) is 102 cm³/mol. The van der Waals surface area contributed by atoms with E-state index in [1.165, 1.54) is 20.0 Å². The molecule has 0 spiro atoms. The summed E-state index contributed by atoms with van der Waals surface area (Å²) in [5, 5.41) is 6.23. The molecule has 0 saturated heterocycles. The van der Waals surface area contributed by atoms with Crippen LogP contribution in [0.2, 0.25) is 5.02 Å². The molecule has 26 heavy (non-hydrogen) atoms. The molecule has 2 aromatic rings. The second-order valence-corrected chi connectivity index (χ2v) is 6.74. The fourth-order valence-corrected chi connectivity index (χ4v) is 3.32. The third kappa shape index (κ3) is 4.35. The first kappa shape index (κ1) is 18.3. The molecular formula is C20H21ClN2O3. The van der Waals surface area contributed by atoms with Gasteiger partial charge in [0.1, 0.15) is 5.75 Å². The summed E-state index contributed by atoms with van der Waals surface area (Å²) in [5.74, 6) is 0.182. The molecule has 136 valence electrons. The van der Waals surface area contributed by atoms with Gasteiger partial charge in [-0.05, 0) is 55.3 Å². The van der Waals surface area contributed by atoms with Gasteiger partial charge >= 0.3 is 0 Å². The summed E-state index contributed by atoms with van der Waals surface area (Å²) in [4.78, 5) is 24.6. The minimum atomic E-state index is -0.269. The summed E-state index contributed by atoms with van der Waals surface area (Å²) in [7, 11) is 1.53. The van der Waals surface area contributed by atoms with E-state index in [1.54, 1.807) is 42.5 Å². The van der Waals surface area contributed by atoms with Crippen molar-refractivity contribution in [3.63, 3.8) is 0 Å². The Bertz CT molecular complexity index is 799. The van der Waals surface area contributed by atoms with Crippen LogP contribution in [0.25, 0.3) is 0 Å². The van der Waals surface area contributed by atoms with Crippen molar-refractivity contribution < 1.29 is 14.3 Å². The number of amides is 2. The Morgan fingerprint density at radius 1 is 1.00 bits per heavy atom. The van der Waals surface area contributed by atoms with Crippen LogP contribution < -0.4 is 15.4 Å². The summed E-state index contributed by atoms with van der Waals surface area (Å²) in [6.45, 7) is 0. The molecule has 2 amide bonds. The largest absolute Gasteiger partial charge is 0.495 e. The van der Waals surface area contributed by atoms with Crippen molar-refractivity contribution >= 4 is 29.1 Å². The van der Waals surface area contributed by atoms with E-state index in [1.807, 2.05) is 0 Å². The molecule has 0 radical (unpaired) electrons. The van der Waals surface area contributed by atoms with Gasteiger partial charge in [-0.15, -0.1) is 0 Å². The van der Waals surface area contributed by atoms with Gasteiger partial charge in [-0.2, -0.15) is 0 Å². The molecule has 2 N–H and O–H groups in total. The van der Waals surface area contributed by atoms with Gasteiger partial charge in [0.2, 0.25) is 0 Å². The second kappa shape index (κ2) is 8.23. The number of ether oxygens (including phenoxy) is 1. The highest BCUT2D eigenvalue weighted by Crippen LogP contribution is 2.27. The lowest BCUT2D eigenvalue weighted by molar-refractivity contribution is 0.0936. The Kier molecular flexibility index (Phi) is 5.78. The lowest BCUT2D eigenvalue weighted by atomic mass is 10.1. The molecule has 0 aliphatic heterocycles. The summed E-state index contributed by atoms with van der Waals surface area (Å²) in [5.41, 5.74) is 1.60. The smallest absolute Gasteiger partial charge is 0.255 e. The summed E-state index contributed by atoms with van der Waals surface area (Å²) >= 11 is 6.06. The van der Waals surface area contributed by atoms with Crippen LogP contribution in [0.5, 0.6) is 5.75 Å². The van der Waals surface area contributed by atoms with Gasteiger partial charge < -0.3 is 15.4 Å². The summed E-state index contributed by atoms with van der Waals surface area (Å²) in [6.07, 6.45) is 4.41. The summed E-state index contributed by atoms with van der Waals surface area (Å²) < 4.78 is 5.09. The molecule has 3 rings (SSSR count). The van der Waals surface area contributed by atoms with E-state index in [0.717, 1.165) is 12.8 Å². The topological polar surface area (TPSA) is 67.4 Å². The molecule has 1 aliphatic carbocycles. The Morgan fingerprint density at radius 2 is 1.62 bits per heavy atom. The molecule has 0 unspecified atom stereocenters. The molecule has 5 nitrogen and oxygen atoms in total. The quantitative estimate of drug-likeness (QED) is 0.823. The van der Waals surface area contributed by atoms with Crippen LogP contribution in [0.15, 0.2) is 42.5 Å². The van der Waals surface area contributed by atoms with Gasteiger partial charge in [-0.1, -0.05) is 24.4 Å². The van der Waals surface area contributed by atoms with Crippen LogP contribution in [0.1, 0.15) is 46.4 Å². The molecule has 1 saturated carbocycles. The van der Waals surface area contributed by atoms with Crippen molar-refractivity contribution in [3.8, 4) is 5.75 Å². The van der Waals surface area contributed by atoms with Gasteiger partial charge in [0.15, 0.2) is 0 Å². The zero-order valence-electron chi connectivity index (χ0n) is 14.5. The molecule has 1 fully saturated rings. The number of rotatable bonds is 5. The van der Waals surface area contributed by atoms with Crippen LogP contribution in [0.3, 0.4) is 0 Å². The fraction of sp³-hybridized carbons (Fsp3) is 0.300. The average molecular weight is 373 g/mol. The third-order valence-corrected chi connectivity index (χ3v) is 4.80. The molecule has 0 heterocycles. The Morgan fingerprint density at radius 3 is 2.19 bits per heavy atom. The lowest BCUT2D eigenvalue weighted by Gasteiger charge is -2.12. The average Bonchev–Trinajstić information content (AvgIpc) is 3.15. The minimum Gasteiger partial charge on any atom is -0.495 e. The van der Waals surface area contributed by atoms with Crippen LogP contribution in [-0.2, 0) is 0 Å². The third-order valence-electron chi connectivity index (χ3n) is 4.51. The fourth-order valence-electron chi connectivity index (χ4n) is 3.06. The number of nitrogens with one attached hydrogen (secondary N) is 2. The highest BCUT2D eigenvalue weighted by atomic mass is 35.5. The zero-order valence-corrected chi connectivity index (χ0v) is 15.3. The Balaban J connectivity index is 1.63. The lowest BCUT2D eigenvalue weighted by Crippen LogP contribution is -2.32. The van der Waals surface area contributed by atoms with E-state index >= 15 is 0 Å². The molecule has 0 bridgehead atoms. The maximum atomic E-state index is 12.4. The van der Waals surface area contributed by atoms with E-state index in [-0.39, 0.29) is 17.9 Å². The van der Waals surface area contributed by atoms with Gasteiger partial charge in [0, 0.05) is 22.9 Å². The maximum Gasteiger partial charge on any atom is 0.255 e. The minimum absolute atomic E-state index is 0.0919. The van der Waals surface area contributed by atoms with Crippen molar-refractivity contribution in [1.82, 2.24) is 5.32 Å². The van der Waals surface area contributed by atoms with E-state index in [4.69, 9.17) is 16.3 Å². The van der Waals surface area contributed by atoms with Gasteiger partial charge in [0.25, 0.3) is 11.8 Å². The van der Waals surface area contributed by atoms with Gasteiger partial charge in [-0.3, -0.25) is 9.59 Å². The van der Waals surface area contributed by atoms with E-state index < -0.39 is 0 Å². The number of anilines is 1. The normalized spacial score (nSPS) is 14.1. The van der Waals surface area contributed by atoms with Crippen molar-refractivity contribution in [2.45, 2.75) is 31.7 Å². The number of halogens is 1. The molecular weight excluding hydrogens is 352 g/mol. The Hall–Kier alpha value is -2.53.